The number of methoxy groups -OCH3 is 1. The maximum Gasteiger partial charge on any atom is 0.404 e. The van der Waals surface area contributed by atoms with Crippen molar-refractivity contribution in [3.63, 3.8) is 0 Å². The molecule has 3 fully saturated rings. The number of benzene rings is 1. The lowest BCUT2D eigenvalue weighted by atomic mass is 9.77. The Morgan fingerprint density at radius 2 is 1.73 bits per heavy atom. The van der Waals surface area contributed by atoms with Crippen molar-refractivity contribution in [2.75, 3.05) is 25.1 Å². The van der Waals surface area contributed by atoms with Crippen LogP contribution in [-0.2, 0) is 4.79 Å². The molecular formula is C35H45N5O4. The molecular weight excluding hydrogens is 554 g/mol. The number of carbonyl (C=O) groups excluding carboxylic acids is 1. The maximum absolute atomic E-state index is 14.2. The summed E-state index contributed by atoms with van der Waals surface area (Å²) < 4.78 is 7.52. The van der Waals surface area contributed by atoms with E-state index in [1.807, 2.05) is 23.4 Å². The highest BCUT2D eigenvalue weighted by molar-refractivity contribution is 5.94. The molecule has 2 heterocycles. The number of hydrogen-bond acceptors (Lipinski definition) is 5. The molecule has 0 atom stereocenters. The third-order valence-corrected chi connectivity index (χ3v) is 10.1. The van der Waals surface area contributed by atoms with Crippen molar-refractivity contribution >= 4 is 17.8 Å². The predicted octanol–water partition coefficient (Wildman–Crippen LogP) is 6.98. The van der Waals surface area contributed by atoms with Gasteiger partial charge in [-0.15, -0.1) is 0 Å². The summed E-state index contributed by atoms with van der Waals surface area (Å²) in [7, 11) is 1.72. The number of nitrogens with zero attached hydrogens (tertiary/aromatic N) is 4. The molecule has 234 valence electrons. The molecule has 1 aromatic carbocycles. The number of amides is 2. The zero-order valence-corrected chi connectivity index (χ0v) is 26.0. The van der Waals surface area contributed by atoms with Gasteiger partial charge in [0.25, 0.3) is 0 Å². The SMILES string of the molecule is COc1ccc([C@H]2CC[C@H](CN(c3cc(-c4cnn(C5CC5)c4)ccn3)C(=O)[C@H]3CC[C@H](CNC(=O)O)CC3)CC2)cc1C. The standard InChI is InChI=1S/C35H45N5O4/c1-23-17-28(11-14-32(23)44-2)26-7-5-25(6-8-26)21-39(34(41)27-9-3-24(4-10-27)19-37-35(42)43)33-18-29(15-16-36-33)30-20-38-40(22-30)31-12-13-31/h11,14-18,20,22,24-27,31,37H,3-10,12-13,19,21H2,1-2H3,(H,42,43)/t24-,25-,26-,27-. The van der Waals surface area contributed by atoms with Crippen LogP contribution < -0.4 is 15.0 Å². The molecule has 0 radical (unpaired) electrons. The largest absolute Gasteiger partial charge is 0.496 e. The molecule has 3 aromatic rings. The van der Waals surface area contributed by atoms with Gasteiger partial charge in [-0.05, 0) is 124 Å². The van der Waals surface area contributed by atoms with Crippen LogP contribution in [0.3, 0.4) is 0 Å². The van der Waals surface area contributed by atoms with Gasteiger partial charge in [-0.2, -0.15) is 5.10 Å². The third kappa shape index (κ3) is 7.08. The number of anilines is 1. The van der Waals surface area contributed by atoms with Crippen LogP contribution in [0.4, 0.5) is 10.6 Å². The Labute approximate surface area is 260 Å². The summed E-state index contributed by atoms with van der Waals surface area (Å²) >= 11 is 0. The first-order valence-corrected chi connectivity index (χ1v) is 16.3. The minimum absolute atomic E-state index is 0.0715. The molecule has 3 aliphatic rings. The molecule has 2 aromatic heterocycles. The first-order valence-electron chi connectivity index (χ1n) is 16.3. The van der Waals surface area contributed by atoms with Gasteiger partial charge in [0.2, 0.25) is 5.91 Å². The second-order valence-electron chi connectivity index (χ2n) is 13.1. The number of aromatic nitrogens is 3. The second kappa shape index (κ2) is 13.4. The zero-order valence-electron chi connectivity index (χ0n) is 26.0. The smallest absolute Gasteiger partial charge is 0.404 e. The van der Waals surface area contributed by atoms with Crippen LogP contribution in [0.15, 0.2) is 48.9 Å². The highest BCUT2D eigenvalue weighted by Crippen LogP contribution is 2.39. The number of pyridine rings is 1. The summed E-state index contributed by atoms with van der Waals surface area (Å²) in [6.45, 7) is 3.23. The lowest BCUT2D eigenvalue weighted by Gasteiger charge is -2.36. The van der Waals surface area contributed by atoms with Crippen LogP contribution in [-0.4, -0.2) is 52.1 Å². The van der Waals surface area contributed by atoms with Gasteiger partial charge in [-0.25, -0.2) is 9.78 Å². The van der Waals surface area contributed by atoms with Gasteiger partial charge in [0.15, 0.2) is 0 Å². The number of aryl methyl sites for hydroxylation is 1. The molecule has 0 saturated heterocycles. The lowest BCUT2D eigenvalue weighted by Crippen LogP contribution is -2.42. The van der Waals surface area contributed by atoms with Crippen molar-refractivity contribution in [2.45, 2.75) is 83.1 Å². The number of carbonyl (C=O) groups is 2. The van der Waals surface area contributed by atoms with E-state index in [2.05, 4.69) is 52.5 Å². The summed E-state index contributed by atoms with van der Waals surface area (Å²) in [5.74, 6) is 2.95. The molecule has 2 N–H and O–H groups in total. The Kier molecular flexibility index (Phi) is 9.19. The number of ether oxygens (including phenoxy) is 1. The Morgan fingerprint density at radius 3 is 2.41 bits per heavy atom. The maximum atomic E-state index is 14.2. The summed E-state index contributed by atoms with van der Waals surface area (Å²) in [4.78, 5) is 31.9. The van der Waals surface area contributed by atoms with Crippen LogP contribution in [0, 0.1) is 24.7 Å². The van der Waals surface area contributed by atoms with E-state index >= 15 is 0 Å². The van der Waals surface area contributed by atoms with Crippen molar-refractivity contribution in [3.8, 4) is 16.9 Å². The molecule has 9 nitrogen and oxygen atoms in total. The fourth-order valence-corrected chi connectivity index (χ4v) is 7.23. The molecule has 0 unspecified atom stereocenters. The Hall–Kier alpha value is -3.88. The van der Waals surface area contributed by atoms with Gasteiger partial charge in [-0.1, -0.05) is 12.1 Å². The average Bonchev–Trinajstić information content (AvgIpc) is 3.78. The van der Waals surface area contributed by atoms with E-state index in [0.717, 1.165) is 68.2 Å². The van der Waals surface area contributed by atoms with Gasteiger partial charge in [0.05, 0.1) is 19.3 Å². The molecule has 2 amide bonds. The molecule has 3 aliphatic carbocycles. The number of rotatable bonds is 10. The Morgan fingerprint density at radius 1 is 0.977 bits per heavy atom. The predicted molar refractivity (Wildman–Crippen MR) is 170 cm³/mol. The summed E-state index contributed by atoms with van der Waals surface area (Å²) in [6, 6.07) is 11.1. The zero-order chi connectivity index (χ0) is 30.6. The van der Waals surface area contributed by atoms with Crippen LogP contribution in [0.1, 0.15) is 87.3 Å². The lowest BCUT2D eigenvalue weighted by molar-refractivity contribution is -0.123. The van der Waals surface area contributed by atoms with Gasteiger partial charge >= 0.3 is 6.09 Å². The van der Waals surface area contributed by atoms with E-state index < -0.39 is 6.09 Å². The highest BCUT2D eigenvalue weighted by atomic mass is 16.5. The molecule has 9 heteroatoms. The van der Waals surface area contributed by atoms with Gasteiger partial charge in [-0.3, -0.25) is 14.4 Å². The molecule has 6 rings (SSSR count). The number of nitrogens with one attached hydrogen (secondary N) is 1. The van der Waals surface area contributed by atoms with Crippen LogP contribution in [0.5, 0.6) is 5.75 Å². The molecule has 0 aliphatic heterocycles. The quantitative estimate of drug-likeness (QED) is 0.260. The van der Waals surface area contributed by atoms with Crippen LogP contribution in [0.25, 0.3) is 11.1 Å². The van der Waals surface area contributed by atoms with Crippen molar-refractivity contribution in [2.24, 2.45) is 17.8 Å². The first kappa shape index (κ1) is 30.2. The Balaban J connectivity index is 1.17. The van der Waals surface area contributed by atoms with E-state index in [-0.39, 0.29) is 17.7 Å². The first-order chi connectivity index (χ1) is 21.4. The third-order valence-electron chi connectivity index (χ3n) is 10.1. The summed E-state index contributed by atoms with van der Waals surface area (Å²) in [6.07, 6.45) is 14.8. The average molecular weight is 600 g/mol. The van der Waals surface area contributed by atoms with E-state index in [0.29, 0.717) is 36.8 Å². The summed E-state index contributed by atoms with van der Waals surface area (Å²) in [5, 5.41) is 16.1. The summed E-state index contributed by atoms with van der Waals surface area (Å²) in [5.41, 5.74) is 4.63. The number of hydrogen-bond donors (Lipinski definition) is 2. The van der Waals surface area contributed by atoms with Crippen molar-refractivity contribution in [1.29, 1.82) is 0 Å². The minimum atomic E-state index is -0.986. The van der Waals surface area contributed by atoms with Gasteiger partial charge in [0, 0.05) is 37.0 Å². The van der Waals surface area contributed by atoms with Crippen LogP contribution in [0.2, 0.25) is 0 Å². The van der Waals surface area contributed by atoms with Crippen LogP contribution >= 0.6 is 0 Å². The van der Waals surface area contributed by atoms with Crippen molar-refractivity contribution in [1.82, 2.24) is 20.1 Å². The van der Waals surface area contributed by atoms with Crippen molar-refractivity contribution in [3.05, 3.63) is 60.0 Å². The van der Waals surface area contributed by atoms with E-state index in [1.165, 1.54) is 24.0 Å². The normalized spacial score (nSPS) is 23.6. The fraction of sp³-hybridized carbons (Fsp3) is 0.543. The highest BCUT2D eigenvalue weighted by Gasteiger charge is 2.33. The van der Waals surface area contributed by atoms with Crippen molar-refractivity contribution < 1.29 is 19.4 Å². The Bertz CT molecular complexity index is 1450. The monoisotopic (exact) mass is 599 g/mol. The topological polar surface area (TPSA) is 110 Å². The molecule has 0 bridgehead atoms. The molecule has 44 heavy (non-hydrogen) atoms. The van der Waals surface area contributed by atoms with Gasteiger partial charge < -0.3 is 15.2 Å². The minimum Gasteiger partial charge on any atom is -0.496 e. The van der Waals surface area contributed by atoms with E-state index in [1.54, 1.807) is 7.11 Å². The molecule has 0 spiro atoms. The number of carboxylic acid groups (broad SMARTS) is 1. The fourth-order valence-electron chi connectivity index (χ4n) is 7.23. The molecule has 3 saturated carbocycles. The van der Waals surface area contributed by atoms with E-state index in [9.17, 15) is 9.59 Å². The van der Waals surface area contributed by atoms with E-state index in [4.69, 9.17) is 14.8 Å². The van der Waals surface area contributed by atoms with Gasteiger partial charge in [0.1, 0.15) is 11.6 Å². The second-order valence-corrected chi connectivity index (χ2v) is 13.1.